The van der Waals surface area contributed by atoms with Crippen LogP contribution >= 0.6 is 11.8 Å². The Morgan fingerprint density at radius 1 is 1.41 bits per heavy atom. The van der Waals surface area contributed by atoms with Crippen molar-refractivity contribution in [2.75, 3.05) is 5.32 Å². The van der Waals surface area contributed by atoms with Gasteiger partial charge in [0, 0.05) is 11.3 Å². The maximum atomic E-state index is 11.3. The van der Waals surface area contributed by atoms with Crippen LogP contribution in [0.5, 0.6) is 0 Å². The number of carbonyl (C=O) groups excluding carboxylic acids is 1. The zero-order valence-electron chi connectivity index (χ0n) is 9.77. The van der Waals surface area contributed by atoms with Crippen molar-refractivity contribution in [1.29, 1.82) is 0 Å². The number of hydrogen-bond donors (Lipinski definition) is 2. The van der Waals surface area contributed by atoms with E-state index in [1.807, 2.05) is 6.07 Å². The Kier molecular flexibility index (Phi) is 5.03. The molecule has 0 spiro atoms. The highest BCUT2D eigenvalue weighted by Gasteiger charge is 2.15. The molecule has 5 heteroatoms. The summed E-state index contributed by atoms with van der Waals surface area (Å²) in [6.07, 6.45) is 0.396. The molecule has 0 bridgehead atoms. The quantitative estimate of drug-likeness (QED) is 0.792. The number of carbonyl (C=O) groups is 2. The first-order valence-corrected chi connectivity index (χ1v) is 6.21. The van der Waals surface area contributed by atoms with Gasteiger partial charge in [-0.1, -0.05) is 19.1 Å². The van der Waals surface area contributed by atoms with Crippen molar-refractivity contribution in [3.05, 3.63) is 24.3 Å². The molecule has 2 N–H and O–H groups in total. The number of amides is 1. The number of nitrogens with one attached hydrogen (secondary N) is 1. The van der Waals surface area contributed by atoms with Crippen LogP contribution in [0.4, 0.5) is 5.69 Å². The van der Waals surface area contributed by atoms with Crippen molar-refractivity contribution in [3.63, 3.8) is 0 Å². The zero-order valence-corrected chi connectivity index (χ0v) is 10.6. The number of benzene rings is 1. The molecule has 1 aromatic carbocycles. The van der Waals surface area contributed by atoms with Crippen LogP contribution in [0.2, 0.25) is 0 Å². The van der Waals surface area contributed by atoms with Crippen LogP contribution in [-0.2, 0) is 9.59 Å². The van der Waals surface area contributed by atoms with E-state index in [0.29, 0.717) is 12.1 Å². The Balaban J connectivity index is 2.84. The van der Waals surface area contributed by atoms with Crippen molar-refractivity contribution >= 4 is 29.3 Å². The third kappa shape index (κ3) is 4.11. The molecule has 1 unspecified atom stereocenters. The number of para-hydroxylation sites is 1. The minimum absolute atomic E-state index is 0.0824. The molecule has 0 fully saturated rings. The molecule has 0 aliphatic carbocycles. The lowest BCUT2D eigenvalue weighted by molar-refractivity contribution is -0.136. The van der Waals surface area contributed by atoms with E-state index in [-0.39, 0.29) is 5.91 Å². The first kappa shape index (κ1) is 13.6. The molecule has 1 atom stereocenters. The number of carboxylic acid groups (broad SMARTS) is 1. The average Bonchev–Trinajstić information content (AvgIpc) is 2.31. The molecule has 0 saturated heterocycles. The van der Waals surface area contributed by atoms with Gasteiger partial charge in [-0.05, 0) is 19.1 Å². The van der Waals surface area contributed by atoms with Crippen LogP contribution in [0.15, 0.2) is 29.2 Å². The van der Waals surface area contributed by atoms with Gasteiger partial charge in [-0.2, -0.15) is 0 Å². The lowest BCUT2D eigenvalue weighted by atomic mass is 10.3. The summed E-state index contributed by atoms with van der Waals surface area (Å²) in [7, 11) is 0. The first-order valence-electron chi connectivity index (χ1n) is 5.33. The van der Waals surface area contributed by atoms with E-state index >= 15 is 0 Å². The maximum absolute atomic E-state index is 11.3. The van der Waals surface area contributed by atoms with E-state index in [1.165, 1.54) is 11.8 Å². The molecule has 1 rings (SSSR count). The van der Waals surface area contributed by atoms with Crippen LogP contribution in [-0.4, -0.2) is 22.2 Å². The maximum Gasteiger partial charge on any atom is 0.316 e. The highest BCUT2D eigenvalue weighted by Crippen LogP contribution is 2.30. The smallest absolute Gasteiger partial charge is 0.316 e. The Labute approximate surface area is 104 Å². The predicted molar refractivity (Wildman–Crippen MR) is 68.3 cm³/mol. The molecular formula is C12H15NO3S. The molecule has 1 amide bonds. The van der Waals surface area contributed by atoms with Gasteiger partial charge in [0.1, 0.15) is 5.25 Å². The van der Waals surface area contributed by atoms with Crippen molar-refractivity contribution in [1.82, 2.24) is 0 Å². The first-order chi connectivity index (χ1) is 8.04. The number of aliphatic carboxylic acids is 1. The average molecular weight is 253 g/mol. The predicted octanol–water partition coefficient (Wildman–Crippen LogP) is 2.60. The molecule has 17 heavy (non-hydrogen) atoms. The molecule has 0 aliphatic rings. The van der Waals surface area contributed by atoms with Crippen molar-refractivity contribution < 1.29 is 14.7 Å². The topological polar surface area (TPSA) is 66.4 Å². The molecule has 0 aliphatic heterocycles. The number of anilines is 1. The Morgan fingerprint density at radius 2 is 2.06 bits per heavy atom. The lowest BCUT2D eigenvalue weighted by Gasteiger charge is -2.11. The summed E-state index contributed by atoms with van der Waals surface area (Å²) in [5.74, 6) is -0.951. The van der Waals surface area contributed by atoms with Gasteiger partial charge < -0.3 is 10.4 Å². The zero-order chi connectivity index (χ0) is 12.8. The number of thioether (sulfide) groups is 1. The van der Waals surface area contributed by atoms with Crippen LogP contribution in [0, 0.1) is 0 Å². The Hall–Kier alpha value is -1.49. The van der Waals surface area contributed by atoms with Crippen molar-refractivity contribution in [3.8, 4) is 0 Å². The normalized spacial score (nSPS) is 11.9. The second-order valence-electron chi connectivity index (χ2n) is 3.50. The summed E-state index contributed by atoms with van der Waals surface area (Å²) in [5, 5.41) is 11.1. The third-order valence-corrected chi connectivity index (χ3v) is 3.30. The summed E-state index contributed by atoms with van der Waals surface area (Å²) >= 11 is 1.22. The molecule has 4 nitrogen and oxygen atoms in total. The Bertz CT molecular complexity index is 420. The fourth-order valence-electron chi connectivity index (χ4n) is 1.15. The number of carboxylic acids is 1. The van der Waals surface area contributed by atoms with E-state index in [1.54, 1.807) is 32.0 Å². The SMILES string of the molecule is CCC(=O)Nc1ccccc1SC(C)C(=O)O. The van der Waals surface area contributed by atoms with E-state index < -0.39 is 11.2 Å². The second kappa shape index (κ2) is 6.30. The van der Waals surface area contributed by atoms with Gasteiger partial charge >= 0.3 is 5.97 Å². The van der Waals surface area contributed by atoms with Gasteiger partial charge in [0.05, 0.1) is 5.69 Å². The monoisotopic (exact) mass is 253 g/mol. The molecule has 0 heterocycles. The largest absolute Gasteiger partial charge is 0.480 e. The van der Waals surface area contributed by atoms with Gasteiger partial charge in [-0.3, -0.25) is 9.59 Å². The Morgan fingerprint density at radius 3 is 2.65 bits per heavy atom. The van der Waals surface area contributed by atoms with E-state index in [0.717, 1.165) is 4.90 Å². The van der Waals surface area contributed by atoms with Gasteiger partial charge in [0.2, 0.25) is 5.91 Å². The summed E-state index contributed by atoms with van der Waals surface area (Å²) in [6, 6.07) is 7.19. The fourth-order valence-corrected chi connectivity index (χ4v) is 2.04. The summed E-state index contributed by atoms with van der Waals surface area (Å²) in [5.41, 5.74) is 0.664. The van der Waals surface area contributed by atoms with Crippen molar-refractivity contribution in [2.24, 2.45) is 0 Å². The third-order valence-electron chi connectivity index (χ3n) is 2.13. The standard InChI is InChI=1S/C12H15NO3S/c1-3-11(14)13-9-6-4-5-7-10(9)17-8(2)12(15)16/h4-8H,3H2,1-2H3,(H,13,14)(H,15,16). The molecule has 92 valence electrons. The van der Waals surface area contributed by atoms with E-state index in [2.05, 4.69) is 5.32 Å². The molecular weight excluding hydrogens is 238 g/mol. The van der Waals surface area contributed by atoms with Crippen LogP contribution in [0.25, 0.3) is 0 Å². The minimum Gasteiger partial charge on any atom is -0.480 e. The van der Waals surface area contributed by atoms with Crippen LogP contribution in [0.1, 0.15) is 20.3 Å². The van der Waals surface area contributed by atoms with Gasteiger partial charge in [0.25, 0.3) is 0 Å². The highest BCUT2D eigenvalue weighted by atomic mass is 32.2. The van der Waals surface area contributed by atoms with Gasteiger partial charge in [-0.25, -0.2) is 0 Å². The minimum atomic E-state index is -0.869. The van der Waals surface area contributed by atoms with Crippen LogP contribution < -0.4 is 5.32 Å². The van der Waals surface area contributed by atoms with E-state index in [4.69, 9.17) is 5.11 Å². The number of hydrogen-bond acceptors (Lipinski definition) is 3. The summed E-state index contributed by atoms with van der Waals surface area (Å²) in [4.78, 5) is 22.9. The molecule has 0 saturated carbocycles. The summed E-state index contributed by atoms with van der Waals surface area (Å²) in [6.45, 7) is 3.39. The molecule has 0 aromatic heterocycles. The van der Waals surface area contributed by atoms with Gasteiger partial charge in [0.15, 0.2) is 0 Å². The molecule has 1 aromatic rings. The number of rotatable bonds is 5. The van der Waals surface area contributed by atoms with Crippen molar-refractivity contribution in [2.45, 2.75) is 30.4 Å². The van der Waals surface area contributed by atoms with Gasteiger partial charge in [-0.15, -0.1) is 11.8 Å². The fraction of sp³-hybridized carbons (Fsp3) is 0.333. The lowest BCUT2D eigenvalue weighted by Crippen LogP contribution is -2.13. The highest BCUT2D eigenvalue weighted by molar-refractivity contribution is 8.00. The second-order valence-corrected chi connectivity index (χ2v) is 4.88. The van der Waals surface area contributed by atoms with Crippen LogP contribution in [0.3, 0.4) is 0 Å². The summed E-state index contributed by atoms with van der Waals surface area (Å²) < 4.78 is 0. The van der Waals surface area contributed by atoms with E-state index in [9.17, 15) is 9.59 Å². The molecule has 0 radical (unpaired) electrons.